The van der Waals surface area contributed by atoms with Gasteiger partial charge in [-0.25, -0.2) is 8.78 Å². The fourth-order valence-corrected chi connectivity index (χ4v) is 2.24. The Morgan fingerprint density at radius 2 is 1.42 bits per heavy atom. The van der Waals surface area contributed by atoms with Gasteiger partial charge in [0.15, 0.2) is 0 Å². The van der Waals surface area contributed by atoms with Gasteiger partial charge < -0.3 is 9.30 Å². The van der Waals surface area contributed by atoms with Gasteiger partial charge in [0.25, 0.3) is 5.56 Å². The zero-order valence-electron chi connectivity index (χ0n) is 12.8. The maximum atomic E-state index is 12.9. The molecule has 0 N–H and O–H groups in total. The van der Waals surface area contributed by atoms with Crippen LogP contribution in [0.4, 0.5) is 8.78 Å². The van der Waals surface area contributed by atoms with E-state index < -0.39 is 0 Å². The largest absolute Gasteiger partial charge is 0.489 e. The second-order valence-corrected chi connectivity index (χ2v) is 5.37. The Morgan fingerprint density at radius 3 is 2.00 bits per heavy atom. The van der Waals surface area contributed by atoms with Crippen LogP contribution in [0.2, 0.25) is 0 Å². The van der Waals surface area contributed by atoms with Gasteiger partial charge in [-0.15, -0.1) is 0 Å². The van der Waals surface area contributed by atoms with Crippen LogP contribution in [0.25, 0.3) is 0 Å². The number of nitrogens with zero attached hydrogens (tertiary/aromatic N) is 1. The van der Waals surface area contributed by atoms with Gasteiger partial charge in [0.05, 0.1) is 6.54 Å². The molecular weight excluding hydrogens is 312 g/mol. The van der Waals surface area contributed by atoms with Crippen LogP contribution in [-0.2, 0) is 13.2 Å². The molecule has 3 rings (SSSR count). The first-order chi connectivity index (χ1) is 11.6. The van der Waals surface area contributed by atoms with Crippen molar-refractivity contribution in [3.63, 3.8) is 0 Å². The van der Waals surface area contributed by atoms with Gasteiger partial charge in [-0.3, -0.25) is 4.79 Å². The number of rotatable bonds is 5. The van der Waals surface area contributed by atoms with E-state index in [0.29, 0.717) is 12.3 Å². The van der Waals surface area contributed by atoms with Crippen molar-refractivity contribution in [1.29, 1.82) is 0 Å². The number of pyridine rings is 1. The average Bonchev–Trinajstić information content (AvgIpc) is 2.58. The van der Waals surface area contributed by atoms with E-state index >= 15 is 0 Å². The first-order valence-electron chi connectivity index (χ1n) is 7.42. The van der Waals surface area contributed by atoms with Crippen LogP contribution >= 0.6 is 0 Å². The molecule has 5 heteroatoms. The van der Waals surface area contributed by atoms with Gasteiger partial charge in [0.2, 0.25) is 0 Å². The van der Waals surface area contributed by atoms with E-state index in [2.05, 4.69) is 0 Å². The molecule has 0 aliphatic rings. The SMILES string of the molecule is O=c1cc(OCc2ccc(F)cc2)ccn1Cc1ccc(F)cc1. The zero-order valence-corrected chi connectivity index (χ0v) is 12.8. The van der Waals surface area contributed by atoms with Crippen molar-refractivity contribution < 1.29 is 13.5 Å². The van der Waals surface area contributed by atoms with Crippen LogP contribution < -0.4 is 10.3 Å². The molecule has 1 heterocycles. The average molecular weight is 327 g/mol. The standard InChI is InChI=1S/C19H15F2NO2/c20-16-5-1-14(2-6-16)12-22-10-9-18(11-19(22)23)24-13-15-3-7-17(21)8-4-15/h1-11H,12-13H2. The molecule has 2 aromatic carbocycles. The van der Waals surface area contributed by atoms with Gasteiger partial charge in [0.1, 0.15) is 24.0 Å². The Morgan fingerprint density at radius 1 is 0.833 bits per heavy atom. The third-order valence-corrected chi connectivity index (χ3v) is 3.55. The molecule has 0 spiro atoms. The lowest BCUT2D eigenvalue weighted by Crippen LogP contribution is -2.19. The Hall–Kier alpha value is -2.95. The lowest BCUT2D eigenvalue weighted by Gasteiger charge is -2.09. The maximum Gasteiger partial charge on any atom is 0.254 e. The highest BCUT2D eigenvalue weighted by molar-refractivity contribution is 5.22. The summed E-state index contributed by atoms with van der Waals surface area (Å²) in [6.07, 6.45) is 1.63. The minimum absolute atomic E-state index is 0.212. The molecule has 0 aliphatic carbocycles. The van der Waals surface area contributed by atoms with E-state index in [1.54, 1.807) is 36.5 Å². The number of benzene rings is 2. The Labute approximate surface area is 137 Å². The molecule has 0 radical (unpaired) electrons. The van der Waals surface area contributed by atoms with Gasteiger partial charge in [-0.05, 0) is 41.5 Å². The number of aromatic nitrogens is 1. The molecule has 0 unspecified atom stereocenters. The van der Waals surface area contributed by atoms with Crippen molar-refractivity contribution >= 4 is 0 Å². The lowest BCUT2D eigenvalue weighted by atomic mass is 10.2. The van der Waals surface area contributed by atoms with E-state index in [0.717, 1.165) is 11.1 Å². The van der Waals surface area contributed by atoms with Crippen molar-refractivity contribution in [2.24, 2.45) is 0 Å². The highest BCUT2D eigenvalue weighted by Crippen LogP contribution is 2.11. The third-order valence-electron chi connectivity index (χ3n) is 3.55. The predicted molar refractivity (Wildman–Crippen MR) is 86.9 cm³/mol. The van der Waals surface area contributed by atoms with E-state index in [4.69, 9.17) is 4.74 Å². The normalized spacial score (nSPS) is 10.6. The zero-order chi connectivity index (χ0) is 16.9. The van der Waals surface area contributed by atoms with Gasteiger partial charge in [0, 0.05) is 12.3 Å². The predicted octanol–water partition coefficient (Wildman–Crippen LogP) is 3.75. The summed E-state index contributed by atoms with van der Waals surface area (Å²) in [4.78, 5) is 12.1. The summed E-state index contributed by atoms with van der Waals surface area (Å²) in [5.74, 6) is -0.169. The van der Waals surface area contributed by atoms with Crippen LogP contribution in [-0.4, -0.2) is 4.57 Å². The topological polar surface area (TPSA) is 31.2 Å². The Balaban J connectivity index is 1.66. The van der Waals surface area contributed by atoms with E-state index in [1.807, 2.05) is 0 Å². The van der Waals surface area contributed by atoms with Crippen molar-refractivity contribution in [2.45, 2.75) is 13.2 Å². The molecule has 0 saturated heterocycles. The molecule has 24 heavy (non-hydrogen) atoms. The number of halogens is 2. The summed E-state index contributed by atoms with van der Waals surface area (Å²) >= 11 is 0. The molecule has 1 aromatic heterocycles. The van der Waals surface area contributed by atoms with Gasteiger partial charge in [-0.2, -0.15) is 0 Å². The van der Waals surface area contributed by atoms with Crippen molar-refractivity contribution in [3.8, 4) is 5.75 Å². The van der Waals surface area contributed by atoms with Crippen LogP contribution in [0.15, 0.2) is 71.7 Å². The van der Waals surface area contributed by atoms with Crippen molar-refractivity contribution in [3.05, 3.63) is 100.0 Å². The second kappa shape index (κ2) is 7.08. The number of hydrogen-bond acceptors (Lipinski definition) is 2. The van der Waals surface area contributed by atoms with Crippen LogP contribution in [0, 0.1) is 11.6 Å². The fourth-order valence-electron chi connectivity index (χ4n) is 2.24. The Bertz CT molecular complexity index is 871. The fraction of sp³-hybridized carbons (Fsp3) is 0.105. The molecule has 3 aromatic rings. The maximum absolute atomic E-state index is 12.9. The minimum Gasteiger partial charge on any atom is -0.489 e. The molecule has 0 saturated carbocycles. The molecule has 3 nitrogen and oxygen atoms in total. The molecule has 0 bridgehead atoms. The summed E-state index contributed by atoms with van der Waals surface area (Å²) < 4.78 is 32.8. The summed E-state index contributed by atoms with van der Waals surface area (Å²) in [7, 11) is 0. The Kier molecular flexibility index (Phi) is 4.70. The summed E-state index contributed by atoms with van der Waals surface area (Å²) in [5, 5.41) is 0. The molecule has 0 aliphatic heterocycles. The number of ether oxygens (including phenoxy) is 1. The minimum atomic E-state index is -0.310. The number of hydrogen-bond donors (Lipinski definition) is 0. The second-order valence-electron chi connectivity index (χ2n) is 5.37. The summed E-state index contributed by atoms with van der Waals surface area (Å²) in [5.41, 5.74) is 1.43. The van der Waals surface area contributed by atoms with Gasteiger partial charge in [-0.1, -0.05) is 24.3 Å². The molecule has 0 fully saturated rings. The van der Waals surface area contributed by atoms with E-state index in [-0.39, 0.29) is 23.8 Å². The quantitative estimate of drug-likeness (QED) is 0.714. The molecular formula is C19H15F2NO2. The van der Waals surface area contributed by atoms with Crippen LogP contribution in [0.5, 0.6) is 5.75 Å². The van der Waals surface area contributed by atoms with Crippen molar-refractivity contribution in [1.82, 2.24) is 4.57 Å². The summed E-state index contributed by atoms with van der Waals surface area (Å²) in [6, 6.07) is 15.1. The first kappa shape index (κ1) is 15.9. The molecule has 0 amide bonds. The highest BCUT2D eigenvalue weighted by atomic mass is 19.1. The molecule has 0 atom stereocenters. The van der Waals surface area contributed by atoms with Crippen LogP contribution in [0.3, 0.4) is 0 Å². The lowest BCUT2D eigenvalue weighted by molar-refractivity contribution is 0.304. The first-order valence-corrected chi connectivity index (χ1v) is 7.42. The van der Waals surface area contributed by atoms with Crippen LogP contribution in [0.1, 0.15) is 11.1 Å². The van der Waals surface area contributed by atoms with Crippen molar-refractivity contribution in [2.75, 3.05) is 0 Å². The molecule has 122 valence electrons. The smallest absolute Gasteiger partial charge is 0.254 e. The highest BCUT2D eigenvalue weighted by Gasteiger charge is 2.02. The van der Waals surface area contributed by atoms with E-state index in [1.165, 1.54) is 34.9 Å². The summed E-state index contributed by atoms with van der Waals surface area (Å²) in [6.45, 7) is 0.610. The monoisotopic (exact) mass is 327 g/mol. The van der Waals surface area contributed by atoms with Gasteiger partial charge >= 0.3 is 0 Å². The van der Waals surface area contributed by atoms with E-state index in [9.17, 15) is 13.6 Å². The third kappa shape index (κ3) is 4.07.